The summed E-state index contributed by atoms with van der Waals surface area (Å²) in [7, 11) is -3.12. The second kappa shape index (κ2) is 5.63. The summed E-state index contributed by atoms with van der Waals surface area (Å²) in [5.41, 5.74) is 0. The van der Waals surface area contributed by atoms with Crippen LogP contribution in [0.15, 0.2) is 0 Å². The Morgan fingerprint density at radius 1 is 1.47 bits per heavy atom. The number of aliphatic hydroxyl groups excluding tert-OH is 1. The molecular weight excluding hydrogens is 230 g/mol. The van der Waals surface area contributed by atoms with E-state index in [4.69, 9.17) is 10.2 Å². The molecule has 0 aromatic carbocycles. The first-order chi connectivity index (χ1) is 6.82. The Bertz CT molecular complexity index is 335. The molecule has 0 spiro atoms. The maximum atomic E-state index is 11.1. The minimum absolute atomic E-state index is 0.907. The second-order valence-corrected chi connectivity index (χ2v) is 4.28. The molecule has 0 heterocycles. The third-order valence-electron chi connectivity index (χ3n) is 1.34. The Morgan fingerprint density at radius 3 is 2.33 bits per heavy atom. The van der Waals surface area contributed by atoms with Gasteiger partial charge in [0.2, 0.25) is 10.0 Å². The van der Waals surface area contributed by atoms with Gasteiger partial charge in [-0.05, 0) is 0 Å². The molecule has 0 aromatic rings. The predicted octanol–water partition coefficient (Wildman–Crippen LogP) is -2.48. The lowest BCUT2D eigenvalue weighted by molar-refractivity contribution is -0.140. The molecule has 0 bridgehead atoms. The van der Waals surface area contributed by atoms with Gasteiger partial charge < -0.3 is 14.9 Å². The first-order valence-corrected chi connectivity index (χ1v) is 5.38. The number of hydrogen-bond acceptors (Lipinski definition) is 6. The summed E-state index contributed by atoms with van der Waals surface area (Å²) in [6.45, 7) is -0.907. The lowest BCUT2D eigenvalue weighted by Crippen LogP contribution is -2.45. The number of carboxylic acids is 1. The maximum absolute atomic E-state index is 11.1. The normalized spacial score (nSPS) is 13.2. The topological polar surface area (TPSA) is 130 Å². The van der Waals surface area contributed by atoms with E-state index in [-0.39, 0.29) is 0 Å². The molecular formula is C6H11NO7S. The highest BCUT2D eigenvalue weighted by Crippen LogP contribution is 1.91. The van der Waals surface area contributed by atoms with Crippen LogP contribution in [-0.4, -0.2) is 56.1 Å². The van der Waals surface area contributed by atoms with Crippen LogP contribution in [0.4, 0.5) is 0 Å². The van der Waals surface area contributed by atoms with Gasteiger partial charge in [0.15, 0.2) is 5.75 Å². The first-order valence-electron chi connectivity index (χ1n) is 3.73. The summed E-state index contributed by atoms with van der Waals surface area (Å²) >= 11 is 0. The van der Waals surface area contributed by atoms with Crippen molar-refractivity contribution in [2.45, 2.75) is 6.04 Å². The van der Waals surface area contributed by atoms with Crippen molar-refractivity contribution in [3.63, 3.8) is 0 Å². The molecule has 88 valence electrons. The van der Waals surface area contributed by atoms with E-state index >= 15 is 0 Å². The minimum Gasteiger partial charge on any atom is -0.480 e. The number of aliphatic carboxylic acids is 1. The predicted molar refractivity (Wildman–Crippen MR) is 47.4 cm³/mol. The summed E-state index contributed by atoms with van der Waals surface area (Å²) in [6.07, 6.45) is 0. The molecule has 3 N–H and O–H groups in total. The number of hydrogen-bond donors (Lipinski definition) is 3. The zero-order valence-electron chi connectivity index (χ0n) is 7.84. The SMILES string of the molecule is COC(=O)CS(=O)(=O)N[C@@H](CO)C(=O)O. The van der Waals surface area contributed by atoms with Gasteiger partial charge in [-0.25, -0.2) is 8.42 Å². The van der Waals surface area contributed by atoms with Crippen molar-refractivity contribution in [2.75, 3.05) is 19.5 Å². The summed E-state index contributed by atoms with van der Waals surface area (Å²) in [4.78, 5) is 21.0. The van der Waals surface area contributed by atoms with E-state index in [1.165, 1.54) is 0 Å². The van der Waals surface area contributed by atoms with Crippen LogP contribution >= 0.6 is 0 Å². The lowest BCUT2D eigenvalue weighted by atomic mass is 10.3. The maximum Gasteiger partial charge on any atom is 0.324 e. The minimum atomic E-state index is -4.11. The number of esters is 1. The highest BCUT2D eigenvalue weighted by Gasteiger charge is 2.25. The van der Waals surface area contributed by atoms with Gasteiger partial charge in [-0.1, -0.05) is 0 Å². The van der Waals surface area contributed by atoms with Gasteiger partial charge in [0.1, 0.15) is 6.04 Å². The summed E-state index contributed by atoms with van der Waals surface area (Å²) in [6, 6.07) is -1.67. The van der Waals surface area contributed by atoms with E-state index in [1.807, 2.05) is 0 Å². The van der Waals surface area contributed by atoms with E-state index in [0.29, 0.717) is 0 Å². The Morgan fingerprint density at radius 2 is 2.00 bits per heavy atom. The van der Waals surface area contributed by atoms with Gasteiger partial charge in [0, 0.05) is 0 Å². The molecule has 0 aliphatic rings. The number of ether oxygens (including phenoxy) is 1. The number of carbonyl (C=O) groups excluding carboxylic acids is 1. The summed E-state index contributed by atoms with van der Waals surface area (Å²) in [5.74, 6) is -3.55. The largest absolute Gasteiger partial charge is 0.480 e. The Labute approximate surface area is 85.9 Å². The standard InChI is InChI=1S/C6H11NO7S/c1-14-5(9)3-15(12,13)7-4(2-8)6(10)11/h4,7-8H,2-3H2,1H3,(H,10,11)/t4-/m0/s1. The van der Waals surface area contributed by atoms with Crippen molar-refractivity contribution in [3.05, 3.63) is 0 Å². The Balaban J connectivity index is 4.49. The molecule has 0 saturated heterocycles. The number of methoxy groups -OCH3 is 1. The fourth-order valence-corrected chi connectivity index (χ4v) is 1.76. The van der Waals surface area contributed by atoms with Crippen molar-refractivity contribution in [2.24, 2.45) is 0 Å². The third-order valence-corrected chi connectivity index (χ3v) is 2.60. The highest BCUT2D eigenvalue weighted by molar-refractivity contribution is 7.90. The summed E-state index contributed by atoms with van der Waals surface area (Å²) < 4.78 is 27.9. The van der Waals surface area contributed by atoms with E-state index in [0.717, 1.165) is 7.11 Å². The van der Waals surface area contributed by atoms with E-state index in [1.54, 1.807) is 4.72 Å². The van der Waals surface area contributed by atoms with Crippen LogP contribution in [0.5, 0.6) is 0 Å². The van der Waals surface area contributed by atoms with Crippen LogP contribution in [0.2, 0.25) is 0 Å². The van der Waals surface area contributed by atoms with Crippen molar-refractivity contribution in [3.8, 4) is 0 Å². The van der Waals surface area contributed by atoms with E-state index < -0.39 is 40.4 Å². The van der Waals surface area contributed by atoms with Gasteiger partial charge in [-0.3, -0.25) is 9.59 Å². The number of nitrogens with one attached hydrogen (secondary N) is 1. The zero-order chi connectivity index (χ0) is 12.1. The average molecular weight is 241 g/mol. The molecule has 9 heteroatoms. The van der Waals surface area contributed by atoms with Gasteiger partial charge in [-0.15, -0.1) is 0 Å². The lowest BCUT2D eigenvalue weighted by Gasteiger charge is -2.10. The number of sulfonamides is 1. The molecule has 0 amide bonds. The smallest absolute Gasteiger partial charge is 0.324 e. The van der Waals surface area contributed by atoms with Gasteiger partial charge in [-0.2, -0.15) is 4.72 Å². The molecule has 15 heavy (non-hydrogen) atoms. The number of rotatable bonds is 6. The molecule has 0 rings (SSSR count). The van der Waals surface area contributed by atoms with E-state index in [2.05, 4.69) is 4.74 Å². The third kappa shape index (κ3) is 5.30. The molecule has 0 aromatic heterocycles. The van der Waals surface area contributed by atoms with E-state index in [9.17, 15) is 18.0 Å². The number of carbonyl (C=O) groups is 2. The fraction of sp³-hybridized carbons (Fsp3) is 0.667. The van der Waals surface area contributed by atoms with Crippen LogP contribution in [0.1, 0.15) is 0 Å². The molecule has 0 unspecified atom stereocenters. The second-order valence-electron chi connectivity index (χ2n) is 2.53. The molecule has 0 radical (unpaired) electrons. The number of aliphatic hydroxyl groups is 1. The quantitative estimate of drug-likeness (QED) is 0.439. The molecule has 0 aliphatic carbocycles. The van der Waals surface area contributed by atoms with Gasteiger partial charge in [0.25, 0.3) is 0 Å². The monoisotopic (exact) mass is 241 g/mol. The Hall–Kier alpha value is -1.19. The van der Waals surface area contributed by atoms with Crippen molar-refractivity contribution in [1.82, 2.24) is 4.72 Å². The average Bonchev–Trinajstić information content (AvgIpc) is 2.13. The van der Waals surface area contributed by atoms with Crippen LogP contribution in [-0.2, 0) is 24.3 Å². The first kappa shape index (κ1) is 13.8. The fourth-order valence-electron chi connectivity index (χ4n) is 0.638. The van der Waals surface area contributed by atoms with Crippen molar-refractivity contribution >= 4 is 22.0 Å². The molecule has 0 fully saturated rings. The zero-order valence-corrected chi connectivity index (χ0v) is 8.65. The summed E-state index contributed by atoms with van der Waals surface area (Å²) in [5, 5.41) is 17.0. The molecule has 0 saturated carbocycles. The van der Waals surface area contributed by atoms with Crippen molar-refractivity contribution < 1.29 is 33.0 Å². The van der Waals surface area contributed by atoms with Crippen LogP contribution in [0.3, 0.4) is 0 Å². The molecule has 0 aliphatic heterocycles. The van der Waals surface area contributed by atoms with Crippen LogP contribution < -0.4 is 4.72 Å². The van der Waals surface area contributed by atoms with Crippen LogP contribution in [0.25, 0.3) is 0 Å². The Kier molecular flexibility index (Phi) is 5.19. The molecule has 1 atom stereocenters. The van der Waals surface area contributed by atoms with Crippen LogP contribution in [0, 0.1) is 0 Å². The number of carboxylic acid groups (broad SMARTS) is 1. The molecule has 8 nitrogen and oxygen atoms in total. The highest BCUT2D eigenvalue weighted by atomic mass is 32.2. The van der Waals surface area contributed by atoms with Gasteiger partial charge in [0.05, 0.1) is 13.7 Å². The van der Waals surface area contributed by atoms with Crippen molar-refractivity contribution in [1.29, 1.82) is 0 Å². The van der Waals surface area contributed by atoms with Gasteiger partial charge >= 0.3 is 11.9 Å².